The van der Waals surface area contributed by atoms with Crippen molar-refractivity contribution in [3.05, 3.63) is 86.0 Å². The molecule has 1 N–H and O–H groups in total. The molecule has 4 aromatic rings. The van der Waals surface area contributed by atoms with E-state index in [9.17, 15) is 9.59 Å². The van der Waals surface area contributed by atoms with Crippen molar-refractivity contribution in [1.29, 1.82) is 0 Å². The first-order valence-electron chi connectivity index (χ1n) is 10.4. The van der Waals surface area contributed by atoms with Gasteiger partial charge in [0.2, 0.25) is 5.91 Å². The van der Waals surface area contributed by atoms with Gasteiger partial charge in [0, 0.05) is 21.8 Å². The Kier molecular flexibility index (Phi) is 7.17. The lowest BCUT2D eigenvalue weighted by Gasteiger charge is -2.25. The van der Waals surface area contributed by atoms with E-state index >= 15 is 0 Å². The molecule has 1 atom stereocenters. The number of hydrogen-bond acceptors (Lipinski definition) is 6. The second-order valence-corrected chi connectivity index (χ2v) is 10.6. The summed E-state index contributed by atoms with van der Waals surface area (Å²) in [5.41, 5.74) is 2.38. The molecule has 170 valence electrons. The number of fused-ring (bicyclic) bond motifs is 1. The maximum absolute atomic E-state index is 13.4. The second kappa shape index (κ2) is 10.1. The fourth-order valence-electron chi connectivity index (χ4n) is 3.43. The summed E-state index contributed by atoms with van der Waals surface area (Å²) in [7, 11) is 0. The molecule has 6 nitrogen and oxygen atoms in total. The summed E-state index contributed by atoms with van der Waals surface area (Å²) in [5.74, 6) is 0.937. The zero-order chi connectivity index (χ0) is 23.5. The minimum atomic E-state index is -0.364. The van der Waals surface area contributed by atoms with Gasteiger partial charge in [-0.3, -0.25) is 14.6 Å². The van der Waals surface area contributed by atoms with Gasteiger partial charge in [-0.25, -0.2) is 4.98 Å². The van der Waals surface area contributed by atoms with Gasteiger partial charge in [0.15, 0.2) is 0 Å². The highest BCUT2D eigenvalue weighted by atomic mass is 35.5. The number of benzene rings is 1. The molecule has 0 spiro atoms. The molecule has 0 saturated heterocycles. The van der Waals surface area contributed by atoms with Crippen molar-refractivity contribution in [3.63, 3.8) is 0 Å². The maximum Gasteiger partial charge on any atom is 0.259 e. The minimum absolute atomic E-state index is 0.0563. The van der Waals surface area contributed by atoms with Gasteiger partial charge in [-0.1, -0.05) is 17.7 Å². The van der Waals surface area contributed by atoms with Crippen LogP contribution in [-0.4, -0.2) is 26.1 Å². The third-order valence-electron chi connectivity index (χ3n) is 5.36. The third kappa shape index (κ3) is 5.29. The van der Waals surface area contributed by atoms with Gasteiger partial charge in [0.1, 0.15) is 10.7 Å². The predicted octanol–water partition coefficient (Wildman–Crippen LogP) is 5.50. The molecule has 3 aromatic heterocycles. The molecule has 0 aliphatic heterocycles. The monoisotopic (exact) mass is 498 g/mol. The van der Waals surface area contributed by atoms with Crippen molar-refractivity contribution >= 4 is 56.5 Å². The van der Waals surface area contributed by atoms with E-state index in [1.165, 1.54) is 23.1 Å². The van der Waals surface area contributed by atoms with Crippen molar-refractivity contribution in [3.8, 4) is 0 Å². The summed E-state index contributed by atoms with van der Waals surface area (Å²) < 4.78 is 0. The summed E-state index contributed by atoms with van der Waals surface area (Å²) in [6, 6.07) is 12.8. The number of nitrogens with zero attached hydrogens (tertiary/aromatic N) is 3. The lowest BCUT2D eigenvalue weighted by atomic mass is 10.2. The molecular weight excluding hydrogens is 476 g/mol. The van der Waals surface area contributed by atoms with Crippen LogP contribution in [0.2, 0.25) is 5.02 Å². The molecule has 9 heteroatoms. The topological polar surface area (TPSA) is 79.0 Å². The number of carbonyl (C=O) groups is 1. The molecule has 0 aliphatic carbocycles. The quantitative estimate of drug-likeness (QED) is 0.363. The number of rotatable bonds is 7. The minimum Gasteiger partial charge on any atom is -0.309 e. The fourth-order valence-corrected chi connectivity index (χ4v) is 5.42. The highest BCUT2D eigenvalue weighted by molar-refractivity contribution is 7.99. The van der Waals surface area contributed by atoms with Gasteiger partial charge in [0.25, 0.3) is 5.56 Å². The Balaban J connectivity index is 1.53. The first-order chi connectivity index (χ1) is 15.8. The number of thiophene rings is 1. The van der Waals surface area contributed by atoms with Crippen molar-refractivity contribution in [2.75, 3.05) is 4.90 Å². The molecule has 0 radical (unpaired) electrons. The Labute approximate surface area is 205 Å². The lowest BCUT2D eigenvalue weighted by molar-refractivity contribution is -0.118. The van der Waals surface area contributed by atoms with E-state index in [-0.39, 0.29) is 16.7 Å². The number of H-pyrrole nitrogens is 1. The number of amides is 1. The number of aromatic nitrogens is 3. The Morgan fingerprint density at radius 2 is 1.97 bits per heavy atom. The molecule has 3 heterocycles. The number of anilines is 1. The van der Waals surface area contributed by atoms with Gasteiger partial charge in [-0.2, -0.15) is 0 Å². The molecule has 1 amide bonds. The van der Waals surface area contributed by atoms with Crippen LogP contribution in [0.5, 0.6) is 0 Å². The zero-order valence-electron chi connectivity index (χ0n) is 18.5. The molecule has 0 fully saturated rings. The Hall–Kier alpha value is -2.68. The number of aryl methyl sites for hydroxylation is 2. The Bertz CT molecular complexity index is 1340. The van der Waals surface area contributed by atoms with Crippen LogP contribution in [0.1, 0.15) is 28.9 Å². The standard InChI is InChI=1S/C24H23ClN4O2S2/c1-14-15(2)33-23-21(14)22(30)27-20(28-23)13-32-16(3)24(31)29(12-18-6-4-5-11-26-18)19-9-7-17(25)8-10-19/h4-11,16H,12-13H2,1-3H3,(H,27,28,30). The first-order valence-corrected chi connectivity index (χ1v) is 12.6. The van der Waals surface area contributed by atoms with Crippen LogP contribution in [0.15, 0.2) is 53.5 Å². The molecular formula is C24H23ClN4O2S2. The first kappa shape index (κ1) is 23.5. The number of hydrogen-bond donors (Lipinski definition) is 1. The molecule has 4 rings (SSSR count). The zero-order valence-corrected chi connectivity index (χ0v) is 20.9. The van der Waals surface area contributed by atoms with Crippen molar-refractivity contribution in [2.45, 2.75) is 38.3 Å². The number of aromatic amines is 1. The number of thioether (sulfide) groups is 1. The average Bonchev–Trinajstić information content (AvgIpc) is 3.10. The van der Waals surface area contributed by atoms with Gasteiger partial charge >= 0.3 is 0 Å². The van der Waals surface area contributed by atoms with Crippen LogP contribution < -0.4 is 10.5 Å². The van der Waals surface area contributed by atoms with E-state index < -0.39 is 0 Å². The lowest BCUT2D eigenvalue weighted by Crippen LogP contribution is -2.36. The molecule has 0 saturated carbocycles. The predicted molar refractivity (Wildman–Crippen MR) is 137 cm³/mol. The number of carbonyl (C=O) groups excluding carboxylic acids is 1. The van der Waals surface area contributed by atoms with Crippen molar-refractivity contribution < 1.29 is 4.79 Å². The molecule has 1 unspecified atom stereocenters. The normalized spacial score (nSPS) is 12.1. The summed E-state index contributed by atoms with van der Waals surface area (Å²) in [4.78, 5) is 41.4. The van der Waals surface area contributed by atoms with E-state index in [1.54, 1.807) is 23.2 Å². The van der Waals surface area contributed by atoms with E-state index in [0.717, 1.165) is 26.7 Å². The largest absolute Gasteiger partial charge is 0.309 e. The highest BCUT2D eigenvalue weighted by Gasteiger charge is 2.24. The van der Waals surface area contributed by atoms with Crippen LogP contribution in [0.25, 0.3) is 10.2 Å². The Morgan fingerprint density at radius 3 is 2.67 bits per heavy atom. The average molecular weight is 499 g/mol. The molecule has 0 bridgehead atoms. The van der Waals surface area contributed by atoms with Crippen LogP contribution in [0.3, 0.4) is 0 Å². The fraction of sp³-hybridized carbons (Fsp3) is 0.250. The van der Waals surface area contributed by atoms with Gasteiger partial charge in [-0.15, -0.1) is 23.1 Å². The third-order valence-corrected chi connectivity index (χ3v) is 7.85. The van der Waals surface area contributed by atoms with Crippen LogP contribution in [-0.2, 0) is 17.1 Å². The maximum atomic E-state index is 13.4. The van der Waals surface area contributed by atoms with Crippen LogP contribution >= 0.6 is 34.7 Å². The van der Waals surface area contributed by atoms with E-state index in [4.69, 9.17) is 11.6 Å². The number of halogens is 1. The summed E-state index contributed by atoms with van der Waals surface area (Å²) in [6.45, 7) is 6.14. The molecule has 1 aromatic carbocycles. The van der Waals surface area contributed by atoms with Crippen molar-refractivity contribution in [2.24, 2.45) is 0 Å². The van der Waals surface area contributed by atoms with Gasteiger partial charge < -0.3 is 9.88 Å². The smallest absolute Gasteiger partial charge is 0.259 e. The molecule has 0 aliphatic rings. The summed E-state index contributed by atoms with van der Waals surface area (Å²) in [5, 5.41) is 0.896. The SMILES string of the molecule is Cc1sc2nc(CSC(C)C(=O)N(Cc3ccccn3)c3ccc(Cl)cc3)[nH]c(=O)c2c1C. The number of nitrogens with one attached hydrogen (secondary N) is 1. The summed E-state index contributed by atoms with van der Waals surface area (Å²) >= 11 is 9.00. The van der Waals surface area contributed by atoms with Crippen molar-refractivity contribution in [1.82, 2.24) is 15.0 Å². The van der Waals surface area contributed by atoms with Crippen LogP contribution in [0, 0.1) is 13.8 Å². The molecule has 33 heavy (non-hydrogen) atoms. The number of pyridine rings is 1. The van der Waals surface area contributed by atoms with Crippen LogP contribution in [0.4, 0.5) is 5.69 Å². The highest BCUT2D eigenvalue weighted by Crippen LogP contribution is 2.28. The van der Waals surface area contributed by atoms with Gasteiger partial charge in [-0.05, 0) is 62.7 Å². The summed E-state index contributed by atoms with van der Waals surface area (Å²) in [6.07, 6.45) is 1.71. The van der Waals surface area contributed by atoms with Gasteiger partial charge in [0.05, 0.1) is 28.6 Å². The Morgan fingerprint density at radius 1 is 1.21 bits per heavy atom. The van der Waals surface area contributed by atoms with E-state index in [1.807, 2.05) is 51.1 Å². The van der Waals surface area contributed by atoms with E-state index in [0.29, 0.717) is 28.5 Å². The van der Waals surface area contributed by atoms with E-state index in [2.05, 4.69) is 15.0 Å². The second-order valence-electron chi connectivity index (χ2n) is 7.65.